The third-order valence-electron chi connectivity index (χ3n) is 3.93. The second-order valence-corrected chi connectivity index (χ2v) is 7.02. The summed E-state index contributed by atoms with van der Waals surface area (Å²) < 4.78 is 16.5. The zero-order valence-electron chi connectivity index (χ0n) is 17.3. The molecule has 0 fully saturated rings. The highest BCUT2D eigenvalue weighted by molar-refractivity contribution is 5.84. The number of aromatic nitrogens is 1. The monoisotopic (exact) mass is 420 g/mol. The number of anilines is 1. The first kappa shape index (κ1) is 22.6. The number of hydrogen-bond acceptors (Lipinski definition) is 9. The number of rotatable bonds is 7. The average molecular weight is 420 g/mol. The topological polar surface area (TPSA) is 136 Å². The zero-order chi connectivity index (χ0) is 22.6. The molecule has 30 heavy (non-hydrogen) atoms. The Labute approximate surface area is 173 Å². The van der Waals surface area contributed by atoms with Gasteiger partial charge in [-0.2, -0.15) is 0 Å². The van der Waals surface area contributed by atoms with Gasteiger partial charge in [0.15, 0.2) is 29.5 Å². The second kappa shape index (κ2) is 8.76. The molecule has 1 aromatic carbocycles. The number of carbonyl (C=O) groups excluding carboxylic acids is 3. The summed E-state index contributed by atoms with van der Waals surface area (Å²) in [7, 11) is 0. The van der Waals surface area contributed by atoms with Crippen molar-refractivity contribution in [2.45, 2.75) is 46.4 Å². The van der Waals surface area contributed by atoms with Crippen molar-refractivity contribution in [2.75, 3.05) is 5.32 Å². The summed E-state index contributed by atoms with van der Waals surface area (Å²) in [6.07, 6.45) is -0.975. The summed E-state index contributed by atoms with van der Waals surface area (Å²) >= 11 is 0. The number of nitrogens with one attached hydrogen (secondary N) is 1. The van der Waals surface area contributed by atoms with Gasteiger partial charge in [-0.1, -0.05) is 0 Å². The molecule has 0 saturated carbocycles. The molecule has 0 bridgehead atoms. The molecule has 0 aliphatic heterocycles. The van der Waals surface area contributed by atoms with Crippen molar-refractivity contribution in [3.05, 3.63) is 30.3 Å². The molecule has 0 aliphatic carbocycles. The van der Waals surface area contributed by atoms with Gasteiger partial charge in [0.1, 0.15) is 5.54 Å². The predicted molar refractivity (Wildman–Crippen MR) is 105 cm³/mol. The van der Waals surface area contributed by atoms with E-state index in [0.717, 1.165) is 4.57 Å². The Hall–Kier alpha value is -3.69. The van der Waals surface area contributed by atoms with Crippen LogP contribution in [0, 0.1) is 0 Å². The Balaban J connectivity index is 2.19. The van der Waals surface area contributed by atoms with Gasteiger partial charge in [0, 0.05) is 37.7 Å². The smallest absolute Gasteiger partial charge is 0.333 e. The van der Waals surface area contributed by atoms with Crippen LogP contribution in [-0.2, 0) is 19.1 Å². The molecular formula is C20H24N2O8. The zero-order valence-corrected chi connectivity index (χ0v) is 17.3. The first-order chi connectivity index (χ1) is 13.9. The van der Waals surface area contributed by atoms with Gasteiger partial charge in [0.2, 0.25) is 0 Å². The maximum absolute atomic E-state index is 12.7. The molecule has 162 valence electrons. The first-order valence-corrected chi connectivity index (χ1v) is 9.00. The van der Waals surface area contributed by atoms with E-state index in [1.165, 1.54) is 51.1 Å². The van der Waals surface area contributed by atoms with Gasteiger partial charge in [-0.3, -0.25) is 9.59 Å². The van der Waals surface area contributed by atoms with Crippen molar-refractivity contribution in [1.82, 2.24) is 4.57 Å². The Morgan fingerprint density at radius 2 is 1.50 bits per heavy atom. The number of hydrogen-bond donors (Lipinski definition) is 3. The van der Waals surface area contributed by atoms with Crippen LogP contribution < -0.4 is 14.8 Å². The van der Waals surface area contributed by atoms with E-state index in [4.69, 9.17) is 14.2 Å². The van der Waals surface area contributed by atoms with Crippen molar-refractivity contribution in [1.29, 1.82) is 0 Å². The van der Waals surface area contributed by atoms with Crippen LogP contribution in [0.1, 0.15) is 40.8 Å². The minimum absolute atomic E-state index is 0.00224. The van der Waals surface area contributed by atoms with Crippen molar-refractivity contribution < 1.29 is 38.8 Å². The number of esters is 3. The molecule has 1 heterocycles. The molecule has 1 unspecified atom stereocenters. The molecule has 1 atom stereocenters. The van der Waals surface area contributed by atoms with Gasteiger partial charge in [-0.15, -0.1) is 0 Å². The standard InChI is InChI=1S/C20H24N2O8/c1-11(22-17(25)8-9-18(22)26)28-19(27)20(4,5)21-14-6-7-15(29-12(2)23)16(10-14)30-13(3)24/h6-11,21,25-26H,1-5H3. The number of carbonyl (C=O) groups is 3. The van der Waals surface area contributed by atoms with Crippen molar-refractivity contribution >= 4 is 23.6 Å². The Bertz CT molecular complexity index is 944. The first-order valence-electron chi connectivity index (χ1n) is 9.00. The Morgan fingerprint density at radius 1 is 0.967 bits per heavy atom. The quantitative estimate of drug-likeness (QED) is 0.456. The van der Waals surface area contributed by atoms with Crippen molar-refractivity contribution in [2.24, 2.45) is 0 Å². The van der Waals surface area contributed by atoms with Crippen LogP contribution >= 0.6 is 0 Å². The van der Waals surface area contributed by atoms with E-state index in [1.54, 1.807) is 13.8 Å². The van der Waals surface area contributed by atoms with Crippen LogP contribution in [0.5, 0.6) is 23.3 Å². The predicted octanol–water partition coefficient (Wildman–Crippen LogP) is 2.70. The number of ether oxygens (including phenoxy) is 3. The van der Waals surface area contributed by atoms with E-state index in [0.29, 0.717) is 5.69 Å². The van der Waals surface area contributed by atoms with E-state index < -0.39 is 29.7 Å². The van der Waals surface area contributed by atoms with Crippen molar-refractivity contribution in [3.8, 4) is 23.3 Å². The molecular weight excluding hydrogens is 396 g/mol. The Kier molecular flexibility index (Phi) is 6.60. The molecule has 0 amide bonds. The maximum Gasteiger partial charge on any atom is 0.333 e. The Morgan fingerprint density at radius 3 is 2.03 bits per heavy atom. The van der Waals surface area contributed by atoms with E-state index >= 15 is 0 Å². The number of aromatic hydroxyl groups is 2. The second-order valence-electron chi connectivity index (χ2n) is 7.02. The van der Waals surface area contributed by atoms with Gasteiger partial charge in [-0.25, -0.2) is 9.36 Å². The van der Waals surface area contributed by atoms with E-state index in [-0.39, 0.29) is 23.3 Å². The fourth-order valence-electron chi connectivity index (χ4n) is 2.63. The van der Waals surface area contributed by atoms with Crippen LogP contribution in [0.3, 0.4) is 0 Å². The summed E-state index contributed by atoms with van der Waals surface area (Å²) in [5.41, 5.74) is -0.855. The van der Waals surface area contributed by atoms with E-state index in [1.807, 2.05) is 0 Å². The fourth-order valence-corrected chi connectivity index (χ4v) is 2.63. The van der Waals surface area contributed by atoms with Crippen LogP contribution in [0.15, 0.2) is 30.3 Å². The third kappa shape index (κ3) is 5.43. The normalized spacial score (nSPS) is 12.0. The molecule has 2 rings (SSSR count). The lowest BCUT2D eigenvalue weighted by Crippen LogP contribution is -2.42. The lowest BCUT2D eigenvalue weighted by molar-refractivity contribution is -0.157. The summed E-state index contributed by atoms with van der Waals surface area (Å²) in [5, 5.41) is 22.5. The minimum Gasteiger partial charge on any atom is -0.494 e. The largest absolute Gasteiger partial charge is 0.494 e. The molecule has 0 radical (unpaired) electrons. The van der Waals surface area contributed by atoms with Gasteiger partial charge in [0.25, 0.3) is 0 Å². The van der Waals surface area contributed by atoms with Crippen LogP contribution in [-0.4, -0.2) is 38.2 Å². The molecule has 0 aliphatic rings. The summed E-state index contributed by atoms with van der Waals surface area (Å²) in [6, 6.07) is 6.89. The van der Waals surface area contributed by atoms with Crippen LogP contribution in [0.25, 0.3) is 0 Å². The molecule has 0 saturated heterocycles. The summed E-state index contributed by atoms with van der Waals surface area (Å²) in [6.45, 7) is 7.02. The summed E-state index contributed by atoms with van der Waals surface area (Å²) in [5.74, 6) is -2.34. The molecule has 1 aromatic heterocycles. The molecule has 2 aromatic rings. The lowest BCUT2D eigenvalue weighted by Gasteiger charge is -2.28. The van der Waals surface area contributed by atoms with Gasteiger partial charge >= 0.3 is 17.9 Å². The highest BCUT2D eigenvalue weighted by Crippen LogP contribution is 2.33. The van der Waals surface area contributed by atoms with Crippen LogP contribution in [0.2, 0.25) is 0 Å². The van der Waals surface area contributed by atoms with Crippen LogP contribution in [0.4, 0.5) is 5.69 Å². The molecule has 0 spiro atoms. The highest BCUT2D eigenvalue weighted by atomic mass is 16.6. The fraction of sp³-hybridized carbons (Fsp3) is 0.350. The molecule has 10 nitrogen and oxygen atoms in total. The van der Waals surface area contributed by atoms with Crippen molar-refractivity contribution in [3.63, 3.8) is 0 Å². The maximum atomic E-state index is 12.7. The number of benzene rings is 1. The van der Waals surface area contributed by atoms with E-state index in [9.17, 15) is 24.6 Å². The minimum atomic E-state index is -1.25. The van der Waals surface area contributed by atoms with Gasteiger partial charge in [-0.05, 0) is 32.9 Å². The third-order valence-corrected chi connectivity index (χ3v) is 3.93. The highest BCUT2D eigenvalue weighted by Gasteiger charge is 2.32. The average Bonchev–Trinajstić information content (AvgIpc) is 2.94. The summed E-state index contributed by atoms with van der Waals surface area (Å²) in [4.78, 5) is 35.2. The SMILES string of the molecule is CC(=O)Oc1ccc(NC(C)(C)C(=O)OC(C)n2c(O)ccc2O)cc1OC(C)=O. The van der Waals surface area contributed by atoms with E-state index in [2.05, 4.69) is 5.32 Å². The molecule has 3 N–H and O–H groups in total. The van der Waals surface area contributed by atoms with Gasteiger partial charge in [0.05, 0.1) is 0 Å². The molecule has 10 heteroatoms. The van der Waals surface area contributed by atoms with Gasteiger partial charge < -0.3 is 29.7 Å². The lowest BCUT2D eigenvalue weighted by atomic mass is 10.1. The number of nitrogens with zero attached hydrogens (tertiary/aromatic N) is 1.